The van der Waals surface area contributed by atoms with E-state index in [9.17, 15) is 8.42 Å². The van der Waals surface area contributed by atoms with E-state index >= 15 is 0 Å². The maximum atomic E-state index is 11.4. The van der Waals surface area contributed by atoms with Crippen LogP contribution in [0.4, 0.5) is 5.13 Å². The van der Waals surface area contributed by atoms with Gasteiger partial charge >= 0.3 is 0 Å². The van der Waals surface area contributed by atoms with Crippen LogP contribution < -0.4 is 10.5 Å². The fourth-order valence-corrected chi connectivity index (χ4v) is 2.74. The Balaban J connectivity index is 2.81. The zero-order valence-corrected chi connectivity index (χ0v) is 10.1. The highest BCUT2D eigenvalue weighted by molar-refractivity contribution is 9.11. The minimum absolute atomic E-state index is 0.0990. The van der Waals surface area contributed by atoms with Crippen molar-refractivity contribution in [2.24, 2.45) is 0 Å². The smallest absolute Gasteiger partial charge is 0.270 e. The molecule has 0 aliphatic carbocycles. The van der Waals surface area contributed by atoms with Gasteiger partial charge in [-0.1, -0.05) is 33.8 Å². The second-order valence-electron chi connectivity index (χ2n) is 2.25. The molecule has 0 atom stereocenters. The summed E-state index contributed by atoms with van der Waals surface area (Å²) in [5, 5.41) is 6.93. The highest BCUT2D eigenvalue weighted by atomic mass is 79.9. The Labute approximate surface area is 93.4 Å². The molecule has 0 spiro atoms. The summed E-state index contributed by atoms with van der Waals surface area (Å²) >= 11 is 3.83. The lowest BCUT2D eigenvalue weighted by Gasteiger charge is -2.00. The van der Waals surface area contributed by atoms with Crippen LogP contribution in [0.5, 0.6) is 0 Å². The van der Waals surface area contributed by atoms with E-state index < -0.39 is 10.0 Å². The van der Waals surface area contributed by atoms with Crippen LogP contribution in [0.25, 0.3) is 0 Å². The molecule has 0 saturated heterocycles. The monoisotopic (exact) mass is 298 g/mol. The third-order valence-corrected chi connectivity index (χ3v) is 3.91. The number of nitrogen functional groups attached to an aromatic ring is 1. The lowest BCUT2D eigenvalue weighted by atomic mass is 10.7. The average molecular weight is 299 g/mol. The summed E-state index contributed by atoms with van der Waals surface area (Å²) in [7, 11) is -3.61. The molecule has 78 valence electrons. The Morgan fingerprint density at radius 3 is 2.71 bits per heavy atom. The van der Waals surface area contributed by atoms with Gasteiger partial charge in [0.05, 0.1) is 0 Å². The number of sulfonamides is 1. The molecular formula is C5H7BrN4O2S2. The largest absolute Gasteiger partial charge is 0.374 e. The summed E-state index contributed by atoms with van der Waals surface area (Å²) in [6, 6.07) is 0. The summed E-state index contributed by atoms with van der Waals surface area (Å²) in [4.78, 5) is 0. The van der Waals surface area contributed by atoms with Gasteiger partial charge in [0.15, 0.2) is 0 Å². The first-order valence-corrected chi connectivity index (χ1v) is 6.43. The van der Waals surface area contributed by atoms with Gasteiger partial charge in [0.2, 0.25) is 9.47 Å². The second kappa shape index (κ2) is 4.34. The standard InChI is InChI=1S/C5H7BrN4O2S2/c1-3(6)2-8-14(11,12)5-10-9-4(7)13-5/h8H,1-2H2,(H2,7,9). The zero-order valence-electron chi connectivity index (χ0n) is 6.90. The highest BCUT2D eigenvalue weighted by Gasteiger charge is 2.18. The van der Waals surface area contributed by atoms with Crippen LogP contribution in [-0.4, -0.2) is 25.2 Å². The van der Waals surface area contributed by atoms with Crippen molar-refractivity contribution >= 4 is 42.4 Å². The van der Waals surface area contributed by atoms with E-state index in [0.717, 1.165) is 11.3 Å². The summed E-state index contributed by atoms with van der Waals surface area (Å²) in [5.41, 5.74) is 5.26. The lowest BCUT2D eigenvalue weighted by molar-refractivity contribution is 0.583. The fraction of sp³-hybridized carbons (Fsp3) is 0.200. The molecule has 3 N–H and O–H groups in total. The van der Waals surface area contributed by atoms with Gasteiger partial charge in [0.1, 0.15) is 0 Å². The molecule has 0 fully saturated rings. The maximum absolute atomic E-state index is 11.4. The molecule has 1 heterocycles. The third-order valence-electron chi connectivity index (χ3n) is 1.11. The first kappa shape index (κ1) is 11.6. The van der Waals surface area contributed by atoms with E-state index in [1.165, 1.54) is 0 Å². The van der Waals surface area contributed by atoms with Crippen LogP contribution in [0, 0.1) is 0 Å². The first-order valence-electron chi connectivity index (χ1n) is 3.34. The number of rotatable bonds is 4. The molecule has 0 aliphatic heterocycles. The number of nitrogens with zero attached hydrogens (tertiary/aromatic N) is 2. The second-order valence-corrected chi connectivity index (χ2v) is 6.32. The number of nitrogens with two attached hydrogens (primary N) is 1. The van der Waals surface area contributed by atoms with Gasteiger partial charge < -0.3 is 5.73 Å². The Morgan fingerprint density at radius 1 is 1.64 bits per heavy atom. The zero-order chi connectivity index (χ0) is 10.8. The average Bonchev–Trinajstić information content (AvgIpc) is 2.49. The van der Waals surface area contributed by atoms with Crippen molar-refractivity contribution in [2.45, 2.75) is 4.34 Å². The van der Waals surface area contributed by atoms with Crippen molar-refractivity contribution in [1.82, 2.24) is 14.9 Å². The van der Waals surface area contributed by atoms with Gasteiger partial charge in [-0.3, -0.25) is 0 Å². The van der Waals surface area contributed by atoms with Gasteiger partial charge in [-0.2, -0.15) is 0 Å². The third kappa shape index (κ3) is 3.01. The topological polar surface area (TPSA) is 98.0 Å². The molecule has 6 nitrogen and oxygen atoms in total. The molecule has 0 aromatic carbocycles. The highest BCUT2D eigenvalue weighted by Crippen LogP contribution is 2.16. The summed E-state index contributed by atoms with van der Waals surface area (Å²) in [6.45, 7) is 3.59. The van der Waals surface area contributed by atoms with Crippen LogP contribution in [0.3, 0.4) is 0 Å². The van der Waals surface area contributed by atoms with E-state index in [2.05, 4.69) is 37.4 Å². The Bertz CT molecular complexity index is 440. The molecule has 14 heavy (non-hydrogen) atoms. The molecule has 1 rings (SSSR count). The number of hydrogen-bond acceptors (Lipinski definition) is 6. The Hall–Kier alpha value is -0.510. The van der Waals surface area contributed by atoms with Gasteiger partial charge in [0.25, 0.3) is 10.0 Å². The van der Waals surface area contributed by atoms with Crippen molar-refractivity contribution in [3.05, 3.63) is 11.1 Å². The van der Waals surface area contributed by atoms with Crippen molar-refractivity contribution in [2.75, 3.05) is 12.3 Å². The van der Waals surface area contributed by atoms with E-state index in [0.29, 0.717) is 4.48 Å². The molecule has 1 aromatic rings. The normalized spacial score (nSPS) is 11.5. The van der Waals surface area contributed by atoms with Crippen molar-refractivity contribution in [3.63, 3.8) is 0 Å². The number of nitrogens with one attached hydrogen (secondary N) is 1. The molecule has 0 radical (unpaired) electrons. The van der Waals surface area contributed by atoms with Gasteiger partial charge in [-0.25, -0.2) is 13.1 Å². The van der Waals surface area contributed by atoms with E-state index in [1.807, 2.05) is 0 Å². The van der Waals surface area contributed by atoms with Crippen molar-refractivity contribution in [3.8, 4) is 0 Å². The maximum Gasteiger partial charge on any atom is 0.270 e. The fourth-order valence-electron chi connectivity index (χ4n) is 0.564. The quantitative estimate of drug-likeness (QED) is 0.833. The van der Waals surface area contributed by atoms with Crippen LogP contribution in [0.1, 0.15) is 0 Å². The number of halogens is 1. The number of anilines is 1. The van der Waals surface area contributed by atoms with Gasteiger partial charge in [-0.15, -0.1) is 10.2 Å². The molecule has 1 aromatic heterocycles. The molecule has 9 heteroatoms. The van der Waals surface area contributed by atoms with Crippen LogP contribution >= 0.6 is 27.3 Å². The number of aromatic nitrogens is 2. The Morgan fingerprint density at radius 2 is 2.29 bits per heavy atom. The summed E-state index contributed by atoms with van der Waals surface area (Å²) in [5.74, 6) is 0. The number of hydrogen-bond donors (Lipinski definition) is 2. The summed E-state index contributed by atoms with van der Waals surface area (Å²) in [6.07, 6.45) is 0. The minimum atomic E-state index is -3.61. The molecule has 0 unspecified atom stereocenters. The van der Waals surface area contributed by atoms with Crippen LogP contribution in [0.15, 0.2) is 15.4 Å². The SMILES string of the molecule is C=C(Br)CNS(=O)(=O)c1nnc(N)s1. The van der Waals surface area contributed by atoms with Gasteiger partial charge in [-0.05, 0) is 0 Å². The lowest BCUT2D eigenvalue weighted by Crippen LogP contribution is -2.24. The van der Waals surface area contributed by atoms with E-state index in [-0.39, 0.29) is 16.0 Å². The van der Waals surface area contributed by atoms with E-state index in [1.54, 1.807) is 0 Å². The molecular weight excluding hydrogens is 292 g/mol. The van der Waals surface area contributed by atoms with Crippen molar-refractivity contribution < 1.29 is 8.42 Å². The molecule has 0 aliphatic rings. The molecule has 0 bridgehead atoms. The van der Waals surface area contributed by atoms with Crippen LogP contribution in [-0.2, 0) is 10.0 Å². The van der Waals surface area contributed by atoms with E-state index in [4.69, 9.17) is 5.73 Å². The molecule has 0 saturated carbocycles. The van der Waals surface area contributed by atoms with Gasteiger partial charge in [0, 0.05) is 11.0 Å². The van der Waals surface area contributed by atoms with Crippen molar-refractivity contribution in [1.29, 1.82) is 0 Å². The first-order chi connectivity index (χ1) is 6.42. The Kier molecular flexibility index (Phi) is 3.59. The predicted molar refractivity (Wildman–Crippen MR) is 57.6 cm³/mol. The predicted octanol–water partition coefficient (Wildman–Crippen LogP) is 0.307. The summed E-state index contributed by atoms with van der Waals surface area (Å²) < 4.78 is 25.5. The minimum Gasteiger partial charge on any atom is -0.374 e. The molecule has 0 amide bonds. The van der Waals surface area contributed by atoms with Crippen LogP contribution in [0.2, 0.25) is 0 Å².